The van der Waals surface area contributed by atoms with Crippen LogP contribution in [0, 0.1) is 10.8 Å². The highest BCUT2D eigenvalue weighted by atomic mass is 35.5. The van der Waals surface area contributed by atoms with Crippen LogP contribution >= 0.6 is 11.6 Å². The lowest BCUT2D eigenvalue weighted by Crippen LogP contribution is -2.67. The predicted molar refractivity (Wildman–Crippen MR) is 60.1 cm³/mol. The van der Waals surface area contributed by atoms with Gasteiger partial charge in [-0.2, -0.15) is 5.06 Å². The van der Waals surface area contributed by atoms with Crippen LogP contribution < -0.4 is 0 Å². The average Bonchev–Trinajstić information content (AvgIpc) is 2.96. The van der Waals surface area contributed by atoms with Gasteiger partial charge in [-0.3, -0.25) is 9.63 Å². The van der Waals surface area contributed by atoms with Gasteiger partial charge in [-0.15, -0.1) is 0 Å². The second-order valence-electron chi connectivity index (χ2n) is 5.91. The molecule has 4 nitrogen and oxygen atoms in total. The molecule has 2 saturated heterocycles. The Bertz CT molecular complexity index is 411. The van der Waals surface area contributed by atoms with Crippen LogP contribution in [0.5, 0.6) is 0 Å². The minimum absolute atomic E-state index is 0.0487. The number of carbonyl (C=O) groups is 1. The third-order valence-corrected chi connectivity index (χ3v) is 6.10. The van der Waals surface area contributed by atoms with E-state index in [-0.39, 0.29) is 17.4 Å². The zero-order chi connectivity index (χ0) is 11.9. The van der Waals surface area contributed by atoms with Crippen LogP contribution in [0.4, 0.5) is 0 Å². The van der Waals surface area contributed by atoms with Gasteiger partial charge in [0.1, 0.15) is 5.41 Å². The number of nitrogens with zero attached hydrogens (tertiary/aromatic N) is 1. The molecule has 4 rings (SSSR count). The van der Waals surface area contributed by atoms with Gasteiger partial charge in [-0.25, -0.2) is 0 Å². The minimum atomic E-state index is -0.821. The number of ether oxygens (including phenoxy) is 1. The number of fused-ring (bicyclic) bond motifs is 4. The Morgan fingerprint density at radius 3 is 2.94 bits per heavy atom. The number of methoxy groups -OCH3 is 1. The summed E-state index contributed by atoms with van der Waals surface area (Å²) in [6.45, 7) is 0.883. The van der Waals surface area contributed by atoms with Crippen molar-refractivity contribution in [3.05, 3.63) is 0 Å². The van der Waals surface area contributed by atoms with E-state index in [1.165, 1.54) is 7.11 Å². The zero-order valence-corrected chi connectivity index (χ0v) is 10.6. The Balaban J connectivity index is 1.81. The number of hydroxylamine groups is 2. The summed E-state index contributed by atoms with van der Waals surface area (Å²) >= 11 is 6.73. The number of hydrogen-bond acceptors (Lipinski definition) is 4. The molecule has 4 fully saturated rings. The van der Waals surface area contributed by atoms with E-state index in [4.69, 9.17) is 21.2 Å². The highest BCUT2D eigenvalue weighted by Gasteiger charge is 2.88. The van der Waals surface area contributed by atoms with Gasteiger partial charge in [0.15, 0.2) is 5.06 Å². The number of alkyl halides is 1. The van der Waals surface area contributed by atoms with Crippen LogP contribution in [0.3, 0.4) is 0 Å². The number of carbonyl (C=O) groups excluding carboxylic acids is 1. The van der Waals surface area contributed by atoms with Crippen LogP contribution in [0.1, 0.15) is 32.1 Å². The third kappa shape index (κ3) is 0.882. The molecule has 1 spiro atoms. The lowest BCUT2D eigenvalue weighted by molar-refractivity contribution is -0.230. The van der Waals surface area contributed by atoms with Gasteiger partial charge in [-0.05, 0) is 32.1 Å². The van der Waals surface area contributed by atoms with Crippen LogP contribution in [-0.4, -0.2) is 35.8 Å². The lowest BCUT2D eigenvalue weighted by atomic mass is 9.53. The molecular formula is C12H16ClNO3. The molecule has 2 saturated carbocycles. The quantitative estimate of drug-likeness (QED) is 0.529. The SMILES string of the molecule is COC(=O)[C@]12CC3(CC3)[C@@]1(Cl)ON1CCC[C@H]12. The molecule has 5 heteroatoms. The molecule has 17 heavy (non-hydrogen) atoms. The topological polar surface area (TPSA) is 38.8 Å². The number of hydrogen-bond donors (Lipinski definition) is 0. The molecule has 0 aromatic heterocycles. The van der Waals surface area contributed by atoms with Gasteiger partial charge in [-0.1, -0.05) is 11.6 Å². The first-order valence-corrected chi connectivity index (χ1v) is 6.71. The van der Waals surface area contributed by atoms with Gasteiger partial charge >= 0.3 is 5.97 Å². The summed E-state index contributed by atoms with van der Waals surface area (Å²) in [5, 5.41) is 1.12. The lowest BCUT2D eigenvalue weighted by Gasteiger charge is -2.55. The van der Waals surface area contributed by atoms with Gasteiger partial charge in [0, 0.05) is 12.0 Å². The summed E-state index contributed by atoms with van der Waals surface area (Å²) in [7, 11) is 1.45. The van der Waals surface area contributed by atoms with E-state index in [9.17, 15) is 4.79 Å². The second kappa shape index (κ2) is 2.81. The van der Waals surface area contributed by atoms with Crippen molar-refractivity contribution >= 4 is 17.6 Å². The third-order valence-electron chi connectivity index (χ3n) is 5.29. The smallest absolute Gasteiger partial charge is 0.317 e. The van der Waals surface area contributed by atoms with Crippen molar-refractivity contribution in [2.24, 2.45) is 10.8 Å². The Hall–Kier alpha value is -0.320. The van der Waals surface area contributed by atoms with Crippen LogP contribution in [-0.2, 0) is 14.4 Å². The van der Waals surface area contributed by atoms with Crippen molar-refractivity contribution in [2.75, 3.05) is 13.7 Å². The summed E-state index contributed by atoms with van der Waals surface area (Å²) in [4.78, 5) is 18.2. The molecule has 0 aromatic carbocycles. The highest BCUT2D eigenvalue weighted by molar-refractivity contribution is 6.27. The number of rotatable bonds is 1. The number of halogens is 1. The van der Waals surface area contributed by atoms with Crippen molar-refractivity contribution in [1.82, 2.24) is 5.06 Å². The Labute approximate surface area is 105 Å². The molecule has 2 heterocycles. The van der Waals surface area contributed by atoms with Crippen molar-refractivity contribution in [1.29, 1.82) is 0 Å². The molecule has 0 bridgehead atoms. The van der Waals surface area contributed by atoms with Crippen LogP contribution in [0.15, 0.2) is 0 Å². The Morgan fingerprint density at radius 1 is 1.53 bits per heavy atom. The predicted octanol–water partition coefficient (Wildman–Crippen LogP) is 1.67. The van der Waals surface area contributed by atoms with Crippen molar-refractivity contribution in [3.8, 4) is 0 Å². The molecule has 0 amide bonds. The zero-order valence-electron chi connectivity index (χ0n) is 9.87. The van der Waals surface area contributed by atoms with E-state index in [0.717, 1.165) is 38.6 Å². The molecule has 0 unspecified atom stereocenters. The molecule has 0 N–H and O–H groups in total. The largest absolute Gasteiger partial charge is 0.468 e. The molecule has 0 radical (unpaired) electrons. The van der Waals surface area contributed by atoms with Crippen LogP contribution in [0.2, 0.25) is 0 Å². The summed E-state index contributed by atoms with van der Waals surface area (Å²) < 4.78 is 5.02. The normalized spacial score (nSPS) is 49.6. The first-order valence-electron chi connectivity index (χ1n) is 6.33. The molecule has 3 atom stereocenters. The summed E-state index contributed by atoms with van der Waals surface area (Å²) in [5.41, 5.74) is -0.566. The standard InChI is InChI=1S/C12H16ClNO3/c1-16-9(15)11-7-10(4-5-10)12(11,13)17-14-6-2-3-8(11)14/h8H,2-7H2,1H3/t8-,11+,12+/m0/s1. The average molecular weight is 258 g/mol. The second-order valence-corrected chi connectivity index (χ2v) is 6.44. The maximum absolute atomic E-state index is 12.2. The van der Waals surface area contributed by atoms with E-state index in [1.54, 1.807) is 0 Å². The maximum Gasteiger partial charge on any atom is 0.317 e. The molecule has 2 aliphatic heterocycles. The summed E-state index contributed by atoms with van der Waals surface area (Å²) in [6, 6.07) is 0.124. The molecule has 4 aliphatic rings. The Kier molecular flexibility index (Phi) is 1.75. The van der Waals surface area contributed by atoms with E-state index in [2.05, 4.69) is 0 Å². The van der Waals surface area contributed by atoms with E-state index in [1.807, 2.05) is 5.06 Å². The first kappa shape index (κ1) is 10.6. The molecular weight excluding hydrogens is 242 g/mol. The van der Waals surface area contributed by atoms with Gasteiger partial charge < -0.3 is 4.74 Å². The highest BCUT2D eigenvalue weighted by Crippen LogP contribution is 2.82. The van der Waals surface area contributed by atoms with Crippen LogP contribution in [0.25, 0.3) is 0 Å². The molecule has 2 aliphatic carbocycles. The molecule has 0 aromatic rings. The van der Waals surface area contributed by atoms with Crippen molar-refractivity contribution < 1.29 is 14.4 Å². The summed E-state index contributed by atoms with van der Waals surface area (Å²) in [5.74, 6) is -0.181. The van der Waals surface area contributed by atoms with Gasteiger partial charge in [0.25, 0.3) is 0 Å². The van der Waals surface area contributed by atoms with Crippen molar-refractivity contribution in [3.63, 3.8) is 0 Å². The number of esters is 1. The van der Waals surface area contributed by atoms with E-state index in [0.29, 0.717) is 0 Å². The minimum Gasteiger partial charge on any atom is -0.468 e. The fourth-order valence-electron chi connectivity index (χ4n) is 4.31. The first-order chi connectivity index (χ1) is 8.10. The fourth-order valence-corrected chi connectivity index (χ4v) is 4.93. The van der Waals surface area contributed by atoms with Gasteiger partial charge in [0.2, 0.25) is 0 Å². The summed E-state index contributed by atoms with van der Waals surface area (Å²) in [6.07, 6.45) is 5.06. The van der Waals surface area contributed by atoms with E-state index < -0.39 is 10.5 Å². The molecule has 94 valence electrons. The van der Waals surface area contributed by atoms with E-state index >= 15 is 0 Å². The monoisotopic (exact) mass is 257 g/mol. The van der Waals surface area contributed by atoms with Gasteiger partial charge in [0.05, 0.1) is 13.2 Å². The fraction of sp³-hybridized carbons (Fsp3) is 0.917. The van der Waals surface area contributed by atoms with Crippen molar-refractivity contribution in [2.45, 2.75) is 43.2 Å². The maximum atomic E-state index is 12.2. The Morgan fingerprint density at radius 2 is 2.29 bits per heavy atom.